The van der Waals surface area contributed by atoms with Crippen molar-refractivity contribution >= 4 is 23.7 Å². The first-order chi connectivity index (χ1) is 16.1. The van der Waals surface area contributed by atoms with Crippen LogP contribution >= 0.6 is 0 Å². The standard InChI is InChI=1S/C24H28N7O2/c1-29-10-11-30(22(17-29)18-7-5-4-6-8-18)31-12-9-25-16-23(31)27-24(28-31)26-19-13-20(32-2)15-21(14-19)33-3/h4-9,12-16,22H,10-11,17H2,1-3H3,(H,26,28)/q+1. The van der Waals surface area contributed by atoms with Crippen LogP contribution in [0.15, 0.2) is 76.0 Å². The van der Waals surface area contributed by atoms with Crippen LogP contribution in [0, 0.1) is 0 Å². The molecule has 170 valence electrons. The highest BCUT2D eigenvalue weighted by Gasteiger charge is 2.51. The highest BCUT2D eigenvalue weighted by atomic mass is 16.5. The molecule has 0 aromatic heterocycles. The molecule has 0 amide bonds. The Morgan fingerprint density at radius 3 is 2.52 bits per heavy atom. The normalized spacial score (nSPS) is 24.8. The minimum atomic E-state index is 0.145. The average molecular weight is 447 g/mol. The summed E-state index contributed by atoms with van der Waals surface area (Å²) in [6.07, 6.45) is 5.56. The lowest BCUT2D eigenvalue weighted by Crippen LogP contribution is -2.62. The van der Waals surface area contributed by atoms with Crippen LogP contribution in [0.2, 0.25) is 0 Å². The summed E-state index contributed by atoms with van der Waals surface area (Å²) in [5, 5.41) is 10.8. The van der Waals surface area contributed by atoms with Crippen molar-refractivity contribution in [3.63, 3.8) is 0 Å². The quantitative estimate of drug-likeness (QED) is 0.715. The van der Waals surface area contributed by atoms with Gasteiger partial charge in [0.2, 0.25) is 0 Å². The van der Waals surface area contributed by atoms with Gasteiger partial charge in [0, 0.05) is 37.0 Å². The van der Waals surface area contributed by atoms with Gasteiger partial charge in [0.1, 0.15) is 17.7 Å². The van der Waals surface area contributed by atoms with Crippen molar-refractivity contribution in [1.82, 2.24) is 9.91 Å². The van der Waals surface area contributed by atoms with E-state index in [0.717, 1.165) is 31.2 Å². The van der Waals surface area contributed by atoms with Crippen LogP contribution in [0.5, 0.6) is 11.5 Å². The van der Waals surface area contributed by atoms with Crippen molar-refractivity contribution in [2.45, 2.75) is 6.04 Å². The topological polar surface area (TPSA) is 74.0 Å². The van der Waals surface area contributed by atoms with Gasteiger partial charge in [0.25, 0.3) is 5.96 Å². The van der Waals surface area contributed by atoms with Gasteiger partial charge in [-0.1, -0.05) is 30.3 Å². The molecular weight excluding hydrogens is 418 g/mol. The summed E-state index contributed by atoms with van der Waals surface area (Å²) >= 11 is 0. The molecule has 0 saturated carbocycles. The van der Waals surface area contributed by atoms with Crippen LogP contribution in [0.4, 0.5) is 5.69 Å². The summed E-state index contributed by atoms with van der Waals surface area (Å²) in [6.45, 7) is 2.66. The maximum atomic E-state index is 5.40. The Kier molecular flexibility index (Phi) is 5.67. The molecule has 0 spiro atoms. The average Bonchev–Trinajstić information content (AvgIpc) is 3.22. The van der Waals surface area contributed by atoms with E-state index in [1.54, 1.807) is 26.6 Å². The Bertz CT molecular complexity index is 1120. The fraction of sp³-hybridized carbons (Fsp3) is 0.292. The molecule has 2 aromatic carbocycles. The molecule has 2 unspecified atom stereocenters. The van der Waals surface area contributed by atoms with E-state index in [4.69, 9.17) is 19.6 Å². The minimum absolute atomic E-state index is 0.145. The number of anilines is 1. The number of fused-ring (bicyclic) bond motifs is 1. The molecule has 2 atom stereocenters. The summed E-state index contributed by atoms with van der Waals surface area (Å²) in [7, 11) is 5.42. The van der Waals surface area contributed by atoms with Crippen LogP contribution < -0.4 is 14.8 Å². The molecule has 9 nitrogen and oxygen atoms in total. The highest BCUT2D eigenvalue weighted by molar-refractivity contribution is 6.30. The molecule has 2 aromatic rings. The number of ether oxygens (including phenoxy) is 2. The Morgan fingerprint density at radius 1 is 1.03 bits per heavy atom. The third kappa shape index (κ3) is 4.02. The number of nitrogens with zero attached hydrogens (tertiary/aromatic N) is 6. The summed E-state index contributed by atoms with van der Waals surface area (Å²) in [4.78, 5) is 11.5. The Balaban J connectivity index is 1.52. The van der Waals surface area contributed by atoms with Crippen LogP contribution in [-0.2, 0) is 0 Å². The van der Waals surface area contributed by atoms with Gasteiger partial charge in [0.15, 0.2) is 6.20 Å². The number of guanidine groups is 1. The first-order valence-corrected chi connectivity index (χ1v) is 10.9. The first kappa shape index (κ1) is 21.3. The number of quaternary nitrogens is 1. The molecule has 5 rings (SSSR count). The number of amidine groups is 1. The minimum Gasteiger partial charge on any atom is -0.497 e. The van der Waals surface area contributed by atoms with Crippen molar-refractivity contribution in [3.8, 4) is 11.5 Å². The van der Waals surface area contributed by atoms with Crippen molar-refractivity contribution in [2.24, 2.45) is 15.1 Å². The smallest absolute Gasteiger partial charge is 0.301 e. The van der Waals surface area contributed by atoms with Crippen molar-refractivity contribution in [3.05, 3.63) is 66.5 Å². The zero-order chi connectivity index (χ0) is 22.8. The molecule has 0 aliphatic carbocycles. The van der Waals surface area contributed by atoms with Crippen LogP contribution in [0.3, 0.4) is 0 Å². The molecule has 0 radical (unpaired) electrons. The first-order valence-electron chi connectivity index (χ1n) is 10.9. The third-order valence-electron chi connectivity index (χ3n) is 6.09. The van der Waals surface area contributed by atoms with Crippen molar-refractivity contribution in [1.29, 1.82) is 0 Å². The van der Waals surface area contributed by atoms with E-state index in [1.807, 2.05) is 30.5 Å². The van der Waals surface area contributed by atoms with Crippen molar-refractivity contribution in [2.75, 3.05) is 46.2 Å². The summed E-state index contributed by atoms with van der Waals surface area (Å²) in [6, 6.07) is 16.3. The Morgan fingerprint density at radius 2 is 1.79 bits per heavy atom. The number of piperazine rings is 1. The monoisotopic (exact) mass is 446 g/mol. The fourth-order valence-corrected chi connectivity index (χ4v) is 4.43. The van der Waals surface area contributed by atoms with Gasteiger partial charge in [-0.2, -0.15) is 0 Å². The maximum Gasteiger partial charge on any atom is 0.301 e. The van der Waals surface area contributed by atoms with Gasteiger partial charge in [-0.15, -0.1) is 10.0 Å². The van der Waals surface area contributed by atoms with Crippen LogP contribution in [0.25, 0.3) is 0 Å². The molecule has 3 heterocycles. The van der Waals surface area contributed by atoms with Gasteiger partial charge < -0.3 is 19.7 Å². The zero-order valence-electron chi connectivity index (χ0n) is 19.0. The fourth-order valence-electron chi connectivity index (χ4n) is 4.43. The lowest BCUT2D eigenvalue weighted by molar-refractivity contribution is -0.924. The number of aliphatic imine (C=N–C) groups is 2. The number of likely N-dealkylation sites (N-methyl/N-ethyl adjacent to an activating group) is 1. The van der Waals surface area contributed by atoms with E-state index in [9.17, 15) is 0 Å². The number of benzene rings is 2. The summed E-state index contributed by atoms with van der Waals surface area (Å²) in [5.74, 6) is 2.63. The number of hydrogen-bond acceptors (Lipinski definition) is 8. The van der Waals surface area contributed by atoms with E-state index in [1.165, 1.54) is 5.56 Å². The third-order valence-corrected chi connectivity index (χ3v) is 6.09. The van der Waals surface area contributed by atoms with Crippen LogP contribution in [0.1, 0.15) is 11.6 Å². The molecule has 1 saturated heterocycles. The van der Waals surface area contributed by atoms with E-state index in [0.29, 0.717) is 17.5 Å². The second-order valence-electron chi connectivity index (χ2n) is 8.20. The van der Waals surface area contributed by atoms with Crippen LogP contribution in [-0.4, -0.2) is 73.5 Å². The summed E-state index contributed by atoms with van der Waals surface area (Å²) < 4.78 is 11.0. The predicted molar refractivity (Wildman–Crippen MR) is 129 cm³/mol. The number of hydrogen-bond donors (Lipinski definition) is 1. The Labute approximate surface area is 193 Å². The van der Waals surface area contributed by atoms with Gasteiger partial charge >= 0.3 is 5.84 Å². The Hall–Kier alpha value is -3.53. The molecule has 9 heteroatoms. The molecule has 3 aliphatic rings. The molecular formula is C24H28N7O2+. The van der Waals surface area contributed by atoms with Gasteiger partial charge in [0.05, 0.1) is 33.0 Å². The van der Waals surface area contributed by atoms with Crippen molar-refractivity contribution < 1.29 is 14.2 Å². The van der Waals surface area contributed by atoms with Gasteiger partial charge in [-0.3, -0.25) is 4.99 Å². The largest absolute Gasteiger partial charge is 0.497 e. The maximum absolute atomic E-state index is 5.40. The number of rotatable bonds is 5. The number of nitrogens with one attached hydrogen (secondary N) is 1. The van der Waals surface area contributed by atoms with E-state index in [-0.39, 0.29) is 10.7 Å². The van der Waals surface area contributed by atoms with E-state index >= 15 is 0 Å². The molecule has 3 aliphatic heterocycles. The van der Waals surface area contributed by atoms with E-state index < -0.39 is 0 Å². The highest BCUT2D eigenvalue weighted by Crippen LogP contribution is 2.35. The predicted octanol–water partition coefficient (Wildman–Crippen LogP) is 3.07. The van der Waals surface area contributed by atoms with E-state index in [2.05, 4.69) is 51.5 Å². The van der Waals surface area contributed by atoms with Gasteiger partial charge in [-0.05, 0) is 22.4 Å². The lowest BCUT2D eigenvalue weighted by Gasteiger charge is -2.44. The molecule has 1 fully saturated rings. The SMILES string of the molecule is COc1cc(NC2=N[N+]3(N4CCN(C)CC4c4ccccc4)C=CN=CC3=N2)cc(OC)c1. The second-order valence-corrected chi connectivity index (χ2v) is 8.20. The second kappa shape index (κ2) is 8.78. The zero-order valence-corrected chi connectivity index (χ0v) is 19.0. The number of methoxy groups -OCH3 is 2. The molecule has 0 bridgehead atoms. The molecule has 33 heavy (non-hydrogen) atoms. The molecule has 1 N–H and O–H groups in total. The summed E-state index contributed by atoms with van der Waals surface area (Å²) in [5.41, 5.74) is 2.03. The lowest BCUT2D eigenvalue weighted by atomic mass is 10.0. The van der Waals surface area contributed by atoms with Gasteiger partial charge in [-0.25, -0.2) is 0 Å².